The Morgan fingerprint density at radius 2 is 1.70 bits per heavy atom. The molecule has 23 heavy (non-hydrogen) atoms. The molecule has 1 fully saturated rings. The molecule has 6 heteroatoms. The predicted molar refractivity (Wildman–Crippen MR) is 84.3 cm³/mol. The van der Waals surface area contributed by atoms with Crippen molar-refractivity contribution in [1.29, 1.82) is 0 Å². The van der Waals surface area contributed by atoms with Gasteiger partial charge in [-0.3, -0.25) is 25.2 Å². The number of carboxylic acid groups (broad SMARTS) is 1. The molecule has 0 aliphatic heterocycles. The van der Waals surface area contributed by atoms with Crippen LogP contribution < -0.4 is 10.9 Å². The number of benzene rings is 1. The van der Waals surface area contributed by atoms with E-state index in [-0.39, 0.29) is 5.91 Å². The fraction of sp³-hybridized carbons (Fsp3) is 0.471. The van der Waals surface area contributed by atoms with Gasteiger partial charge in [-0.25, -0.2) is 0 Å². The van der Waals surface area contributed by atoms with Gasteiger partial charge in [0, 0.05) is 5.56 Å². The Kier molecular flexibility index (Phi) is 4.45. The Balaban J connectivity index is 2.06. The molecule has 0 spiro atoms. The van der Waals surface area contributed by atoms with Crippen LogP contribution in [0.5, 0.6) is 0 Å². The second-order valence-electron chi connectivity index (χ2n) is 6.76. The molecule has 1 aliphatic carbocycles. The van der Waals surface area contributed by atoms with Gasteiger partial charge in [0.2, 0.25) is 5.91 Å². The number of amides is 2. The quantitative estimate of drug-likeness (QED) is 0.743. The highest BCUT2D eigenvalue weighted by Crippen LogP contribution is 2.56. The van der Waals surface area contributed by atoms with Crippen LogP contribution in [0.25, 0.3) is 0 Å². The number of carbonyl (C=O) groups excluding carboxylic acids is 2. The predicted octanol–water partition coefficient (Wildman–Crippen LogP) is 1.97. The first kappa shape index (κ1) is 17.0. The first-order valence-electron chi connectivity index (χ1n) is 7.59. The molecule has 0 saturated heterocycles. The highest BCUT2D eigenvalue weighted by Gasteiger charge is 2.58. The van der Waals surface area contributed by atoms with E-state index >= 15 is 0 Å². The van der Waals surface area contributed by atoms with Gasteiger partial charge in [0.1, 0.15) is 0 Å². The molecule has 0 aromatic heterocycles. The summed E-state index contributed by atoms with van der Waals surface area (Å²) >= 11 is 0. The molecule has 1 aliphatic rings. The second kappa shape index (κ2) is 6.02. The third-order valence-corrected chi connectivity index (χ3v) is 5.35. The van der Waals surface area contributed by atoms with E-state index in [9.17, 15) is 19.5 Å². The molecule has 3 N–H and O–H groups in total. The Bertz CT molecular complexity index is 627. The van der Waals surface area contributed by atoms with Gasteiger partial charge in [0.25, 0.3) is 5.91 Å². The van der Waals surface area contributed by atoms with Crippen LogP contribution in [-0.2, 0) is 9.59 Å². The van der Waals surface area contributed by atoms with Gasteiger partial charge >= 0.3 is 5.97 Å². The molecular weight excluding hydrogens is 296 g/mol. The zero-order chi connectivity index (χ0) is 17.3. The molecule has 124 valence electrons. The lowest BCUT2D eigenvalue weighted by atomic mass is 9.65. The molecule has 6 nitrogen and oxygen atoms in total. The number of aliphatic carboxylic acids is 1. The van der Waals surface area contributed by atoms with Crippen molar-refractivity contribution >= 4 is 17.8 Å². The van der Waals surface area contributed by atoms with E-state index in [0.717, 1.165) is 0 Å². The third-order valence-electron chi connectivity index (χ3n) is 5.35. The number of carboxylic acids is 1. The summed E-state index contributed by atoms with van der Waals surface area (Å²) in [6, 6.07) is 8.54. The highest BCUT2D eigenvalue weighted by atomic mass is 16.4. The van der Waals surface area contributed by atoms with E-state index in [1.807, 2.05) is 0 Å². The number of rotatable bonds is 3. The van der Waals surface area contributed by atoms with Crippen LogP contribution in [0, 0.1) is 16.7 Å². The summed E-state index contributed by atoms with van der Waals surface area (Å²) in [5.41, 5.74) is 3.71. The lowest BCUT2D eigenvalue weighted by Crippen LogP contribution is -2.53. The van der Waals surface area contributed by atoms with E-state index in [1.165, 1.54) is 0 Å². The summed E-state index contributed by atoms with van der Waals surface area (Å²) in [5, 5.41) is 9.33. The number of hydrazine groups is 1. The van der Waals surface area contributed by atoms with Crippen molar-refractivity contribution in [2.45, 2.75) is 33.6 Å². The molecule has 2 rings (SSSR count). The van der Waals surface area contributed by atoms with Crippen molar-refractivity contribution in [2.24, 2.45) is 16.7 Å². The van der Waals surface area contributed by atoms with Crippen LogP contribution in [-0.4, -0.2) is 22.9 Å². The van der Waals surface area contributed by atoms with Gasteiger partial charge in [-0.05, 0) is 30.4 Å². The molecule has 0 heterocycles. The van der Waals surface area contributed by atoms with Gasteiger partial charge in [0.05, 0.1) is 11.3 Å². The Morgan fingerprint density at radius 3 is 2.22 bits per heavy atom. The van der Waals surface area contributed by atoms with Crippen LogP contribution in [0.4, 0.5) is 0 Å². The maximum atomic E-state index is 12.6. The molecule has 1 saturated carbocycles. The standard InChI is InChI=1S/C17H22N2O4/c1-16(2)12(14(21)22)9-10-17(16,3)15(23)19-18-13(20)11-7-5-4-6-8-11/h4-8,12H,9-10H2,1-3H3,(H,18,20)(H,19,23)(H,21,22). The Hall–Kier alpha value is -2.37. The SMILES string of the molecule is CC1(C(=O)NNC(=O)c2ccccc2)CCC(C(=O)O)C1(C)C. The second-order valence-corrected chi connectivity index (χ2v) is 6.76. The Labute approximate surface area is 135 Å². The van der Waals surface area contributed by atoms with E-state index < -0.39 is 28.6 Å². The third kappa shape index (κ3) is 2.93. The van der Waals surface area contributed by atoms with Crippen molar-refractivity contribution in [2.75, 3.05) is 0 Å². The summed E-state index contributed by atoms with van der Waals surface area (Å²) in [4.78, 5) is 35.9. The number of nitrogens with one attached hydrogen (secondary N) is 2. The van der Waals surface area contributed by atoms with Gasteiger partial charge in [-0.15, -0.1) is 0 Å². The van der Waals surface area contributed by atoms with Crippen molar-refractivity contribution in [3.8, 4) is 0 Å². The average Bonchev–Trinajstić information content (AvgIpc) is 2.76. The van der Waals surface area contributed by atoms with Crippen molar-refractivity contribution in [1.82, 2.24) is 10.9 Å². The minimum atomic E-state index is -0.889. The fourth-order valence-corrected chi connectivity index (χ4v) is 3.25. The molecule has 2 unspecified atom stereocenters. The van der Waals surface area contributed by atoms with Crippen molar-refractivity contribution in [3.05, 3.63) is 35.9 Å². The molecule has 2 atom stereocenters. The van der Waals surface area contributed by atoms with Gasteiger partial charge in [-0.1, -0.05) is 39.0 Å². The topological polar surface area (TPSA) is 95.5 Å². The van der Waals surface area contributed by atoms with E-state index in [2.05, 4.69) is 10.9 Å². The molecular formula is C17H22N2O4. The Morgan fingerprint density at radius 1 is 1.09 bits per heavy atom. The maximum absolute atomic E-state index is 12.6. The van der Waals surface area contributed by atoms with Crippen LogP contribution in [0.3, 0.4) is 0 Å². The lowest BCUT2D eigenvalue weighted by Gasteiger charge is -2.38. The van der Waals surface area contributed by atoms with Crippen LogP contribution in [0.15, 0.2) is 30.3 Å². The van der Waals surface area contributed by atoms with Crippen LogP contribution in [0.1, 0.15) is 44.0 Å². The lowest BCUT2D eigenvalue weighted by molar-refractivity contribution is -0.149. The molecule has 0 radical (unpaired) electrons. The van der Waals surface area contributed by atoms with Crippen molar-refractivity contribution in [3.63, 3.8) is 0 Å². The first-order valence-corrected chi connectivity index (χ1v) is 7.59. The zero-order valence-electron chi connectivity index (χ0n) is 13.6. The largest absolute Gasteiger partial charge is 0.481 e. The number of hydrogen-bond acceptors (Lipinski definition) is 3. The molecule has 1 aromatic rings. The molecule has 2 amide bonds. The summed E-state index contributed by atoms with van der Waals surface area (Å²) in [5.74, 6) is -2.24. The van der Waals surface area contributed by atoms with Gasteiger partial charge in [-0.2, -0.15) is 0 Å². The van der Waals surface area contributed by atoms with Crippen molar-refractivity contribution < 1.29 is 19.5 Å². The smallest absolute Gasteiger partial charge is 0.307 e. The summed E-state index contributed by atoms with van der Waals surface area (Å²) in [6.07, 6.45) is 0.906. The average molecular weight is 318 g/mol. The zero-order valence-corrected chi connectivity index (χ0v) is 13.6. The normalized spacial score (nSPS) is 25.6. The van der Waals surface area contributed by atoms with E-state index in [1.54, 1.807) is 51.1 Å². The molecule has 1 aromatic carbocycles. The van der Waals surface area contributed by atoms with E-state index in [0.29, 0.717) is 18.4 Å². The van der Waals surface area contributed by atoms with Gasteiger partial charge in [0.15, 0.2) is 0 Å². The monoisotopic (exact) mass is 318 g/mol. The minimum Gasteiger partial charge on any atom is -0.481 e. The van der Waals surface area contributed by atoms with Crippen LogP contribution in [0.2, 0.25) is 0 Å². The minimum absolute atomic E-state index is 0.365. The summed E-state index contributed by atoms with van der Waals surface area (Å²) in [7, 11) is 0. The van der Waals surface area contributed by atoms with Crippen LogP contribution >= 0.6 is 0 Å². The van der Waals surface area contributed by atoms with Gasteiger partial charge < -0.3 is 5.11 Å². The van der Waals surface area contributed by atoms with E-state index in [4.69, 9.17) is 0 Å². The summed E-state index contributed by atoms with van der Waals surface area (Å²) in [6.45, 7) is 5.33. The highest BCUT2D eigenvalue weighted by molar-refractivity contribution is 5.96. The molecule has 0 bridgehead atoms. The fourth-order valence-electron chi connectivity index (χ4n) is 3.25. The first-order chi connectivity index (χ1) is 10.7. The number of hydrogen-bond donors (Lipinski definition) is 3. The maximum Gasteiger partial charge on any atom is 0.307 e. The summed E-state index contributed by atoms with van der Waals surface area (Å²) < 4.78 is 0. The number of carbonyl (C=O) groups is 3.